The van der Waals surface area contributed by atoms with Crippen molar-refractivity contribution in [3.63, 3.8) is 0 Å². The number of halogens is 3. The Balaban J connectivity index is 3.71. The van der Waals surface area contributed by atoms with Gasteiger partial charge in [0, 0.05) is 0 Å². The van der Waals surface area contributed by atoms with Gasteiger partial charge in [0.05, 0.1) is 0 Å². The summed E-state index contributed by atoms with van der Waals surface area (Å²) in [5, 5.41) is 7.07. The molecule has 0 aromatic heterocycles. The Morgan fingerprint density at radius 2 is 2.09 bits per heavy atom. The molecule has 0 saturated carbocycles. The van der Waals surface area contributed by atoms with Crippen LogP contribution >= 0.6 is 34.8 Å². The molecule has 0 aliphatic rings. The van der Waals surface area contributed by atoms with E-state index < -0.39 is 3.79 Å². The lowest BCUT2D eigenvalue weighted by Crippen LogP contribution is -2.21. The first-order chi connectivity index (χ1) is 4.98. The summed E-state index contributed by atoms with van der Waals surface area (Å²) in [7, 11) is 0. The summed E-state index contributed by atoms with van der Waals surface area (Å²) in [6.45, 7) is 2.09. The van der Waals surface area contributed by atoms with Crippen LogP contribution in [0.4, 0.5) is 0 Å². The third kappa shape index (κ3) is 5.36. The Bertz CT molecular complexity index is 162. The molecule has 0 aliphatic carbocycles. The molecule has 0 heterocycles. The normalized spacial score (nSPS) is 12.0. The lowest BCUT2D eigenvalue weighted by atomic mass is 10.5. The highest BCUT2D eigenvalue weighted by atomic mass is 35.6. The maximum Gasteiger partial charge on any atom is 0.265 e. The largest absolute Gasteiger partial charge is 0.474 e. The summed E-state index contributed by atoms with van der Waals surface area (Å²) in [5.41, 5.74) is 0. The van der Waals surface area contributed by atoms with Gasteiger partial charge >= 0.3 is 0 Å². The molecular weight excluding hydrogens is 208 g/mol. The van der Waals surface area contributed by atoms with Crippen LogP contribution in [0.3, 0.4) is 0 Å². The van der Waals surface area contributed by atoms with Gasteiger partial charge in [0.15, 0.2) is 0 Å². The molecule has 0 fully saturated rings. The van der Waals surface area contributed by atoms with Crippen LogP contribution in [0.5, 0.6) is 0 Å². The molecule has 0 aromatic rings. The molecule has 1 N–H and O–H groups in total. The first-order valence-corrected chi connectivity index (χ1v) is 4.01. The van der Waals surface area contributed by atoms with Crippen molar-refractivity contribution < 1.29 is 4.74 Å². The average Bonchev–Trinajstić information content (AvgIpc) is 1.86. The van der Waals surface area contributed by atoms with Crippen LogP contribution in [0.15, 0.2) is 12.2 Å². The van der Waals surface area contributed by atoms with Gasteiger partial charge in [-0.2, -0.15) is 0 Å². The molecule has 2 nitrogen and oxygen atoms in total. The zero-order valence-electron chi connectivity index (χ0n) is 5.90. The van der Waals surface area contributed by atoms with Gasteiger partial charge in [0.2, 0.25) is 5.90 Å². The average molecular weight is 216 g/mol. The molecule has 0 atom stereocenters. The van der Waals surface area contributed by atoms with E-state index in [0.717, 1.165) is 0 Å². The van der Waals surface area contributed by atoms with Crippen LogP contribution in [0, 0.1) is 5.41 Å². The quantitative estimate of drug-likeness (QED) is 0.327. The third-order valence-corrected chi connectivity index (χ3v) is 1.33. The highest BCUT2D eigenvalue weighted by Gasteiger charge is 2.28. The molecule has 0 bridgehead atoms. The van der Waals surface area contributed by atoms with E-state index in [2.05, 4.69) is 0 Å². The number of nitrogens with one attached hydrogen (secondary N) is 1. The number of hydrogen-bond donors (Lipinski definition) is 1. The fraction of sp³-hybridized carbons (Fsp3) is 0.500. The monoisotopic (exact) mass is 215 g/mol. The third-order valence-electron chi connectivity index (χ3n) is 0.817. The summed E-state index contributed by atoms with van der Waals surface area (Å²) >= 11 is 16.0. The zero-order chi connectivity index (χ0) is 8.91. The molecule has 0 rings (SSSR count). The summed E-state index contributed by atoms with van der Waals surface area (Å²) in [5.74, 6) is -0.361. The number of alkyl halides is 3. The van der Waals surface area contributed by atoms with E-state index in [9.17, 15) is 0 Å². The van der Waals surface area contributed by atoms with Crippen molar-refractivity contribution in [2.75, 3.05) is 6.61 Å². The molecule has 0 spiro atoms. The van der Waals surface area contributed by atoms with E-state index in [-0.39, 0.29) is 12.5 Å². The SMILES string of the molecule is C/C=C/COC(=N)C(Cl)(Cl)Cl. The van der Waals surface area contributed by atoms with Gasteiger partial charge in [-0.05, 0) is 6.92 Å². The van der Waals surface area contributed by atoms with Gasteiger partial charge in [-0.3, -0.25) is 5.41 Å². The molecule has 0 aromatic carbocycles. The van der Waals surface area contributed by atoms with Crippen LogP contribution < -0.4 is 0 Å². The minimum atomic E-state index is -1.75. The molecular formula is C6H8Cl3NO. The lowest BCUT2D eigenvalue weighted by Gasteiger charge is -2.11. The standard InChI is InChI=1S/C6H8Cl3NO/c1-2-3-4-11-5(10)6(7,8)9/h2-3,10H,4H2,1H3/b3-2+,10-5?. The maximum absolute atomic E-state index is 7.07. The topological polar surface area (TPSA) is 33.1 Å². The first-order valence-electron chi connectivity index (χ1n) is 2.88. The summed E-state index contributed by atoms with van der Waals surface area (Å²) in [4.78, 5) is 0. The predicted molar refractivity (Wildman–Crippen MR) is 48.8 cm³/mol. The fourth-order valence-electron chi connectivity index (χ4n) is 0.310. The second-order valence-electron chi connectivity index (χ2n) is 1.71. The van der Waals surface area contributed by atoms with E-state index in [1.165, 1.54) is 0 Å². The molecule has 0 saturated heterocycles. The Hall–Kier alpha value is 0.0800. The van der Waals surface area contributed by atoms with Crippen molar-refractivity contribution in [1.82, 2.24) is 0 Å². The van der Waals surface area contributed by atoms with E-state index in [1.807, 2.05) is 6.92 Å². The number of allylic oxidation sites excluding steroid dienone is 1. The lowest BCUT2D eigenvalue weighted by molar-refractivity contribution is 0.340. The van der Waals surface area contributed by atoms with Gasteiger partial charge in [-0.1, -0.05) is 47.0 Å². The summed E-state index contributed by atoms with van der Waals surface area (Å²) in [6, 6.07) is 0. The molecule has 0 aliphatic heterocycles. The van der Waals surface area contributed by atoms with Crippen molar-refractivity contribution in [3.05, 3.63) is 12.2 Å². The summed E-state index contributed by atoms with van der Waals surface area (Å²) in [6.07, 6.45) is 3.50. The Morgan fingerprint density at radius 3 is 2.45 bits per heavy atom. The van der Waals surface area contributed by atoms with Crippen molar-refractivity contribution in [1.29, 1.82) is 5.41 Å². The van der Waals surface area contributed by atoms with Crippen molar-refractivity contribution in [2.24, 2.45) is 0 Å². The molecule has 5 heteroatoms. The second-order valence-corrected chi connectivity index (χ2v) is 3.99. The Kier molecular flexibility index (Phi) is 4.89. The highest BCUT2D eigenvalue weighted by molar-refractivity contribution is 6.76. The molecule has 0 unspecified atom stereocenters. The number of rotatable bonds is 2. The fourth-order valence-corrected chi connectivity index (χ4v) is 0.473. The van der Waals surface area contributed by atoms with E-state index in [0.29, 0.717) is 0 Å². The van der Waals surface area contributed by atoms with Crippen LogP contribution in [0.1, 0.15) is 6.92 Å². The van der Waals surface area contributed by atoms with Crippen LogP contribution in [0.2, 0.25) is 0 Å². The number of hydrogen-bond acceptors (Lipinski definition) is 2. The van der Waals surface area contributed by atoms with Crippen molar-refractivity contribution in [2.45, 2.75) is 10.7 Å². The zero-order valence-corrected chi connectivity index (χ0v) is 8.17. The van der Waals surface area contributed by atoms with Crippen molar-refractivity contribution >= 4 is 40.7 Å². The smallest absolute Gasteiger partial charge is 0.265 e. The van der Waals surface area contributed by atoms with Crippen LogP contribution in [0.25, 0.3) is 0 Å². The van der Waals surface area contributed by atoms with Gasteiger partial charge in [0.1, 0.15) is 6.61 Å². The van der Waals surface area contributed by atoms with Gasteiger partial charge < -0.3 is 4.74 Å². The molecule has 0 amide bonds. The summed E-state index contributed by atoms with van der Waals surface area (Å²) < 4.78 is 3.00. The van der Waals surface area contributed by atoms with E-state index in [4.69, 9.17) is 44.9 Å². The van der Waals surface area contributed by atoms with Gasteiger partial charge in [-0.15, -0.1) is 0 Å². The minimum Gasteiger partial charge on any atom is -0.474 e. The molecule has 11 heavy (non-hydrogen) atoms. The molecule has 64 valence electrons. The van der Waals surface area contributed by atoms with E-state index in [1.54, 1.807) is 12.2 Å². The van der Waals surface area contributed by atoms with Crippen LogP contribution in [-0.2, 0) is 4.74 Å². The predicted octanol–water partition coefficient (Wildman–Crippen LogP) is 2.93. The van der Waals surface area contributed by atoms with Crippen molar-refractivity contribution in [3.8, 4) is 0 Å². The van der Waals surface area contributed by atoms with Gasteiger partial charge in [-0.25, -0.2) is 0 Å². The van der Waals surface area contributed by atoms with E-state index >= 15 is 0 Å². The highest BCUT2D eigenvalue weighted by Crippen LogP contribution is 2.27. The van der Waals surface area contributed by atoms with Crippen LogP contribution in [-0.4, -0.2) is 16.3 Å². The first kappa shape index (κ1) is 11.1. The van der Waals surface area contributed by atoms with Gasteiger partial charge in [0.25, 0.3) is 3.79 Å². The second kappa shape index (κ2) is 4.86. The number of ether oxygens (including phenoxy) is 1. The Labute approximate surface area is 80.6 Å². The molecule has 0 radical (unpaired) electrons. The Morgan fingerprint density at radius 1 is 1.55 bits per heavy atom. The minimum absolute atomic E-state index is 0.253. The maximum atomic E-state index is 7.07.